The summed E-state index contributed by atoms with van der Waals surface area (Å²) in [6, 6.07) is 0. The fraction of sp³-hybridized carbons (Fsp3) is 0.800. The molecule has 1 aliphatic heterocycles. The first-order valence-electron chi connectivity index (χ1n) is 17.9. The van der Waals surface area contributed by atoms with Gasteiger partial charge >= 0.3 is 18.9 Å². The van der Waals surface area contributed by atoms with Crippen molar-refractivity contribution in [2.24, 2.45) is 0 Å². The first-order valence-corrected chi connectivity index (χ1v) is 17.9. The molecule has 0 aliphatic carbocycles. The van der Waals surface area contributed by atoms with Gasteiger partial charge in [-0.1, -0.05) is 0 Å². The molecule has 0 aromatic heterocycles. The molecule has 55 heavy (non-hydrogen) atoms. The third kappa shape index (κ3) is 42.8. The Bertz CT molecular complexity index is 906. The molecular weight excluding hydrogens is 729 g/mol. The summed E-state index contributed by atoms with van der Waals surface area (Å²) in [5.74, 6) is -1.75. The molecule has 0 aromatic rings. The summed E-state index contributed by atoms with van der Waals surface area (Å²) in [6.07, 6.45) is 5.86. The Labute approximate surface area is 335 Å². The van der Waals surface area contributed by atoms with Gasteiger partial charge in [-0.05, 0) is 0 Å². The number of imide groups is 1. The summed E-state index contributed by atoms with van der Waals surface area (Å²) < 4.78 is 64.6. The first kappa shape index (κ1) is 54.9. The maximum atomic E-state index is 11.4. The Morgan fingerprint density at radius 2 is 0.655 bits per heavy atom. The van der Waals surface area contributed by atoms with Crippen LogP contribution in [0.5, 0.6) is 0 Å². The molecule has 1 aliphatic rings. The van der Waals surface area contributed by atoms with Crippen molar-refractivity contribution in [3.05, 3.63) is 12.2 Å². The van der Waals surface area contributed by atoms with Crippen molar-refractivity contribution in [3.63, 3.8) is 0 Å². The average molecular weight is 788 g/mol. The number of nitrogens with zero attached hydrogens (tertiary/aromatic N) is 1. The van der Waals surface area contributed by atoms with E-state index in [1.165, 1.54) is 12.2 Å². The maximum Gasteiger partial charge on any atom is 1.00 e. The van der Waals surface area contributed by atoms with E-state index in [0.717, 1.165) is 4.90 Å². The van der Waals surface area contributed by atoms with Gasteiger partial charge in [0.15, 0.2) is 0 Å². The average Bonchev–Trinajstić information content (AvgIpc) is 3.49. The monoisotopic (exact) mass is 787 g/mol. The van der Waals surface area contributed by atoms with E-state index in [1.54, 1.807) is 12.6 Å². The number of carboxylic acids is 1. The largest absolute Gasteiger partial charge is 1.00 e. The number of carboxylic acid groups (broad SMARTS) is 1. The van der Waals surface area contributed by atoms with E-state index in [0.29, 0.717) is 145 Å². The van der Waals surface area contributed by atoms with Gasteiger partial charge in [0.2, 0.25) is 0 Å². The Kier molecular flexibility index (Phi) is 46.1. The molecule has 2 amide bonds. The van der Waals surface area contributed by atoms with E-state index in [-0.39, 0.29) is 69.7 Å². The van der Waals surface area contributed by atoms with Crippen molar-refractivity contribution in [2.75, 3.05) is 165 Å². The van der Waals surface area contributed by atoms with E-state index in [4.69, 9.17) is 56.8 Å². The zero-order valence-corrected chi connectivity index (χ0v) is 32.2. The minimum absolute atomic E-state index is 0. The Morgan fingerprint density at radius 1 is 0.436 bits per heavy atom. The fourth-order valence-electron chi connectivity index (χ4n) is 3.59. The van der Waals surface area contributed by atoms with Crippen molar-refractivity contribution < 1.29 is 105 Å². The number of amides is 2. The number of hydrogen-bond donors (Lipinski definition) is 0. The van der Waals surface area contributed by atoms with Crippen molar-refractivity contribution in [1.29, 1.82) is 0 Å². The second-order valence-corrected chi connectivity index (χ2v) is 10.4. The van der Waals surface area contributed by atoms with Gasteiger partial charge in [0.25, 0.3) is 11.8 Å². The molecule has 0 N–H and O–H groups in total. The van der Waals surface area contributed by atoms with Crippen LogP contribution in [0, 0.1) is 0 Å². The SMILES string of the molecule is O=C([O-])CCOCCOCCOCCOCCOCCOCCOCCOCCOCCOCCOCCOCCN1C(=O)C=CC1=O.O=[C-]CC[C-]=O.[Li+]. The van der Waals surface area contributed by atoms with Crippen molar-refractivity contribution in [3.8, 4) is 0 Å². The quantitative estimate of drug-likeness (QED) is 0.0245. The topological polar surface area (TPSA) is 222 Å². The summed E-state index contributed by atoms with van der Waals surface area (Å²) in [5.41, 5.74) is 0. The molecule has 0 bridgehead atoms. The van der Waals surface area contributed by atoms with Crippen LogP contribution in [0.1, 0.15) is 19.3 Å². The van der Waals surface area contributed by atoms with E-state index in [9.17, 15) is 29.1 Å². The molecule has 0 radical (unpaired) electrons. The molecule has 0 saturated carbocycles. The Balaban J connectivity index is 0. The molecule has 1 heterocycles. The number of unbranched alkanes of at least 4 members (excludes halogenated alkanes) is 1. The minimum atomic E-state index is -1.13. The number of rotatable bonds is 42. The molecule has 0 aromatic carbocycles. The zero-order valence-electron chi connectivity index (χ0n) is 32.2. The van der Waals surface area contributed by atoms with Gasteiger partial charge in [-0.3, -0.25) is 27.1 Å². The van der Waals surface area contributed by atoms with Crippen molar-refractivity contribution >= 4 is 30.4 Å². The van der Waals surface area contributed by atoms with E-state index >= 15 is 0 Å². The van der Waals surface area contributed by atoms with Crippen LogP contribution in [0.15, 0.2) is 12.2 Å². The van der Waals surface area contributed by atoms with Crippen LogP contribution in [0.3, 0.4) is 0 Å². The minimum Gasteiger partial charge on any atom is -0.550 e. The van der Waals surface area contributed by atoms with Gasteiger partial charge in [-0.2, -0.15) is 12.8 Å². The van der Waals surface area contributed by atoms with E-state index in [1.807, 2.05) is 0 Å². The predicted molar refractivity (Wildman–Crippen MR) is 186 cm³/mol. The van der Waals surface area contributed by atoms with Crippen molar-refractivity contribution in [2.45, 2.75) is 19.3 Å². The third-order valence-corrected chi connectivity index (χ3v) is 6.23. The van der Waals surface area contributed by atoms with Crippen LogP contribution in [-0.2, 0) is 80.8 Å². The van der Waals surface area contributed by atoms with Crippen LogP contribution < -0.4 is 24.0 Å². The molecule has 1 rings (SSSR count). The summed E-state index contributed by atoms with van der Waals surface area (Å²) in [7, 11) is 0. The summed E-state index contributed by atoms with van der Waals surface area (Å²) >= 11 is 0. The number of carbonyl (C=O) groups excluding carboxylic acids is 5. The van der Waals surface area contributed by atoms with E-state index < -0.39 is 5.97 Å². The predicted octanol–water partition coefficient (Wildman–Crippen LogP) is -4.76. The molecule has 19 nitrogen and oxygen atoms in total. The number of ether oxygens (including phenoxy) is 12. The van der Waals surface area contributed by atoms with Crippen molar-refractivity contribution in [1.82, 2.24) is 4.90 Å². The summed E-state index contributed by atoms with van der Waals surface area (Å²) in [4.78, 5) is 52.7. The van der Waals surface area contributed by atoms with Crippen LogP contribution in [0.25, 0.3) is 0 Å². The molecule has 0 fully saturated rings. The smallest absolute Gasteiger partial charge is 0.550 e. The van der Waals surface area contributed by atoms with Gasteiger partial charge in [0.1, 0.15) is 0 Å². The molecular formula is C35H58LiNO18-2. The van der Waals surface area contributed by atoms with Crippen LogP contribution in [0.4, 0.5) is 0 Å². The van der Waals surface area contributed by atoms with Gasteiger partial charge in [-0.25, -0.2) is 0 Å². The maximum absolute atomic E-state index is 11.4. The zero-order chi connectivity index (χ0) is 39.4. The normalized spacial score (nSPS) is 12.1. The Morgan fingerprint density at radius 3 is 0.873 bits per heavy atom. The standard InChI is InChI=1S/C31H55NO16.C4H4O2.Li/c33-29-1-2-30(34)32(29)4-6-38-8-10-40-12-14-42-16-18-44-20-22-46-24-26-48-28-27-47-25-23-45-21-19-43-17-15-41-13-11-39-9-7-37-5-3-31(35)36;5-3-1-2-4-6;/h1-2H,3-28H2,(H,35,36);1-2H2;/q;-2;+1/p-1. The first-order chi connectivity index (χ1) is 26.5. The van der Waals surface area contributed by atoms with Crippen LogP contribution in [0.2, 0.25) is 0 Å². The summed E-state index contributed by atoms with van der Waals surface area (Å²) in [5, 5.41) is 10.2. The summed E-state index contributed by atoms with van der Waals surface area (Å²) in [6.45, 7) is 10.4. The third-order valence-electron chi connectivity index (χ3n) is 6.23. The van der Waals surface area contributed by atoms with Gasteiger partial charge < -0.3 is 76.3 Å². The number of carbonyl (C=O) groups is 3. The molecule has 0 unspecified atom stereocenters. The molecule has 0 atom stereocenters. The molecule has 0 saturated heterocycles. The van der Waals surface area contributed by atoms with Crippen LogP contribution >= 0.6 is 0 Å². The van der Waals surface area contributed by atoms with Gasteiger partial charge in [0, 0.05) is 24.5 Å². The van der Waals surface area contributed by atoms with Crippen LogP contribution in [-0.4, -0.2) is 200 Å². The van der Waals surface area contributed by atoms with Gasteiger partial charge in [-0.15, -0.1) is 0 Å². The number of aliphatic carboxylic acids is 1. The second-order valence-electron chi connectivity index (χ2n) is 10.4. The molecule has 314 valence electrons. The second kappa shape index (κ2) is 46.2. The fourth-order valence-corrected chi connectivity index (χ4v) is 3.59. The van der Waals surface area contributed by atoms with Gasteiger partial charge in [0.05, 0.1) is 165 Å². The Hall–Kier alpha value is -2.19. The number of hydrogen-bond acceptors (Lipinski definition) is 18. The molecule has 0 spiro atoms. The molecule has 20 heteroatoms. The van der Waals surface area contributed by atoms with E-state index in [2.05, 4.69) is 0 Å².